The molecule has 0 spiro atoms. The smallest absolute Gasteiger partial charge is 0.170 e. The van der Waals surface area contributed by atoms with Gasteiger partial charge in [-0.1, -0.05) is 0 Å². The first-order valence-electron chi connectivity index (χ1n) is 3.50. The van der Waals surface area contributed by atoms with E-state index in [1.807, 2.05) is 6.92 Å². The minimum absolute atomic E-state index is 0.190. The maximum absolute atomic E-state index is 11.2. The molecule has 2 fully saturated rings. The molecule has 0 aromatic carbocycles. The highest BCUT2D eigenvalue weighted by Crippen LogP contribution is 2.40. The Balaban J connectivity index is 2.30. The number of carbonyl (C=O) groups is 1. The van der Waals surface area contributed by atoms with Crippen molar-refractivity contribution in [2.24, 2.45) is 5.41 Å². The first kappa shape index (κ1) is 6.31. The molecule has 2 atom stereocenters. The first-order chi connectivity index (χ1) is 4.73. The van der Waals surface area contributed by atoms with E-state index in [9.17, 15) is 4.79 Å². The van der Waals surface area contributed by atoms with Gasteiger partial charge in [0.15, 0.2) is 12.1 Å². The molecule has 2 aliphatic rings. The summed E-state index contributed by atoms with van der Waals surface area (Å²) in [4.78, 5) is 11.2. The lowest BCUT2D eigenvalue weighted by Crippen LogP contribution is -2.28. The van der Waals surface area contributed by atoms with Crippen LogP contribution in [-0.2, 0) is 14.3 Å². The summed E-state index contributed by atoms with van der Waals surface area (Å²) in [5.41, 5.74) is -0.319. The molecule has 0 aliphatic carbocycles. The van der Waals surface area contributed by atoms with Crippen molar-refractivity contribution in [1.29, 1.82) is 0 Å². The van der Waals surface area contributed by atoms with Crippen LogP contribution in [0.3, 0.4) is 0 Å². The molecule has 0 bridgehead atoms. The third-order valence-electron chi connectivity index (χ3n) is 2.41. The van der Waals surface area contributed by atoms with Crippen molar-refractivity contribution in [2.75, 3.05) is 13.2 Å². The van der Waals surface area contributed by atoms with Gasteiger partial charge in [0.05, 0.1) is 12.0 Å². The van der Waals surface area contributed by atoms with Gasteiger partial charge in [0, 0.05) is 0 Å². The van der Waals surface area contributed by atoms with E-state index in [1.54, 1.807) is 0 Å². The summed E-state index contributed by atoms with van der Waals surface area (Å²) in [7, 11) is 0. The Bertz CT molecular complexity index is 178. The van der Waals surface area contributed by atoms with Crippen LogP contribution in [0, 0.1) is 5.41 Å². The molecule has 2 aliphatic heterocycles. The van der Waals surface area contributed by atoms with E-state index in [-0.39, 0.29) is 24.1 Å². The summed E-state index contributed by atoms with van der Waals surface area (Å²) in [6.07, 6.45) is 0.566. The topological polar surface area (TPSA) is 35.5 Å². The Labute approximate surface area is 59.3 Å². The van der Waals surface area contributed by atoms with Crippen LogP contribution in [0.15, 0.2) is 0 Å². The summed E-state index contributed by atoms with van der Waals surface area (Å²) >= 11 is 0. The van der Waals surface area contributed by atoms with Gasteiger partial charge >= 0.3 is 0 Å². The molecule has 2 heterocycles. The molecular weight excluding hydrogens is 132 g/mol. The number of hydrogen-bond acceptors (Lipinski definition) is 3. The van der Waals surface area contributed by atoms with Crippen LogP contribution in [0.25, 0.3) is 0 Å². The van der Waals surface area contributed by atoms with Crippen LogP contribution in [0.4, 0.5) is 0 Å². The highest BCUT2D eigenvalue weighted by Gasteiger charge is 2.51. The van der Waals surface area contributed by atoms with Gasteiger partial charge in [-0.2, -0.15) is 0 Å². The fraction of sp³-hybridized carbons (Fsp3) is 0.857. The van der Waals surface area contributed by atoms with Crippen molar-refractivity contribution in [2.45, 2.75) is 19.6 Å². The Kier molecular flexibility index (Phi) is 1.13. The van der Waals surface area contributed by atoms with Gasteiger partial charge in [-0.15, -0.1) is 0 Å². The monoisotopic (exact) mass is 142 g/mol. The molecule has 0 aromatic heterocycles. The highest BCUT2D eigenvalue weighted by molar-refractivity contribution is 5.88. The van der Waals surface area contributed by atoms with Gasteiger partial charge in [-0.3, -0.25) is 4.79 Å². The van der Waals surface area contributed by atoms with E-state index in [1.165, 1.54) is 0 Å². The average Bonchev–Trinajstić information content (AvgIpc) is 2.36. The summed E-state index contributed by atoms with van der Waals surface area (Å²) in [5.74, 6) is 0.190. The number of ether oxygens (including phenoxy) is 2. The first-order valence-corrected chi connectivity index (χ1v) is 3.50. The van der Waals surface area contributed by atoms with Crippen molar-refractivity contribution in [3.63, 3.8) is 0 Å². The van der Waals surface area contributed by atoms with Crippen molar-refractivity contribution < 1.29 is 14.3 Å². The normalized spacial score (nSPS) is 46.1. The second-order valence-corrected chi connectivity index (χ2v) is 3.10. The lowest BCUT2D eigenvalue weighted by molar-refractivity contribution is -0.125. The lowest BCUT2D eigenvalue weighted by atomic mass is 9.86. The molecule has 10 heavy (non-hydrogen) atoms. The molecule has 0 amide bonds. The van der Waals surface area contributed by atoms with Crippen LogP contribution in [0.2, 0.25) is 0 Å². The van der Waals surface area contributed by atoms with Crippen molar-refractivity contribution >= 4 is 5.78 Å². The fourth-order valence-corrected chi connectivity index (χ4v) is 1.50. The molecule has 0 aromatic rings. The second-order valence-electron chi connectivity index (χ2n) is 3.10. The summed E-state index contributed by atoms with van der Waals surface area (Å²) < 4.78 is 10.3. The third kappa shape index (κ3) is 0.592. The largest absolute Gasteiger partial charge is 0.352 e. The fourth-order valence-electron chi connectivity index (χ4n) is 1.50. The van der Waals surface area contributed by atoms with Crippen molar-refractivity contribution in [1.82, 2.24) is 0 Å². The molecule has 2 rings (SSSR count). The van der Waals surface area contributed by atoms with Crippen LogP contribution in [0.1, 0.15) is 13.3 Å². The predicted molar refractivity (Wildman–Crippen MR) is 33.4 cm³/mol. The van der Waals surface area contributed by atoms with E-state index < -0.39 is 0 Å². The molecule has 2 saturated heterocycles. The maximum atomic E-state index is 11.2. The molecule has 56 valence electrons. The van der Waals surface area contributed by atoms with E-state index in [0.29, 0.717) is 6.61 Å². The number of ketones is 1. The number of carbonyl (C=O) groups excluding carboxylic acids is 1. The zero-order chi connectivity index (χ0) is 7.19. The van der Waals surface area contributed by atoms with Crippen LogP contribution >= 0.6 is 0 Å². The SMILES string of the molecule is C[C@@]12CCOC1OCC2=O. The average molecular weight is 142 g/mol. The molecule has 0 radical (unpaired) electrons. The molecule has 3 heteroatoms. The van der Waals surface area contributed by atoms with Gasteiger partial charge < -0.3 is 9.47 Å². The number of fused-ring (bicyclic) bond motifs is 1. The molecule has 1 unspecified atom stereocenters. The standard InChI is InChI=1S/C7H10O3/c1-7-2-3-9-6(7)10-4-5(7)8/h6H,2-4H2,1H3/t6?,7-/m0/s1. The Hall–Kier alpha value is -0.410. The summed E-state index contributed by atoms with van der Waals surface area (Å²) in [6, 6.07) is 0. The lowest BCUT2D eigenvalue weighted by Gasteiger charge is -2.16. The number of rotatable bonds is 0. The van der Waals surface area contributed by atoms with Crippen LogP contribution < -0.4 is 0 Å². The van der Waals surface area contributed by atoms with E-state index in [4.69, 9.17) is 9.47 Å². The maximum Gasteiger partial charge on any atom is 0.170 e. The zero-order valence-corrected chi connectivity index (χ0v) is 5.92. The summed E-state index contributed by atoms with van der Waals surface area (Å²) in [5, 5.41) is 0. The minimum Gasteiger partial charge on any atom is -0.352 e. The van der Waals surface area contributed by atoms with Crippen LogP contribution in [0.5, 0.6) is 0 Å². The third-order valence-corrected chi connectivity index (χ3v) is 2.41. The number of Topliss-reactive ketones (excluding diaryl/α,β-unsaturated/α-hetero) is 1. The second kappa shape index (κ2) is 1.80. The zero-order valence-electron chi connectivity index (χ0n) is 5.92. The predicted octanol–water partition coefficient (Wildman–Crippen LogP) is 0.338. The minimum atomic E-state index is -0.319. The van der Waals surface area contributed by atoms with Crippen molar-refractivity contribution in [3.8, 4) is 0 Å². The molecule has 3 nitrogen and oxygen atoms in total. The van der Waals surface area contributed by atoms with Gasteiger partial charge in [0.25, 0.3) is 0 Å². The van der Waals surface area contributed by atoms with Gasteiger partial charge in [-0.25, -0.2) is 0 Å². The molecule has 0 N–H and O–H groups in total. The van der Waals surface area contributed by atoms with Gasteiger partial charge in [0.1, 0.15) is 6.61 Å². The van der Waals surface area contributed by atoms with Crippen molar-refractivity contribution in [3.05, 3.63) is 0 Å². The van der Waals surface area contributed by atoms with Gasteiger partial charge in [0.2, 0.25) is 0 Å². The molecule has 0 saturated carbocycles. The number of hydrogen-bond donors (Lipinski definition) is 0. The van der Waals surface area contributed by atoms with Crippen LogP contribution in [-0.4, -0.2) is 25.3 Å². The Morgan fingerprint density at radius 1 is 1.60 bits per heavy atom. The van der Waals surface area contributed by atoms with E-state index in [0.717, 1.165) is 6.42 Å². The Morgan fingerprint density at radius 3 is 3.10 bits per heavy atom. The van der Waals surface area contributed by atoms with Gasteiger partial charge in [-0.05, 0) is 13.3 Å². The summed E-state index contributed by atoms with van der Waals surface area (Å²) in [6.45, 7) is 2.81. The Morgan fingerprint density at radius 2 is 2.40 bits per heavy atom. The molecular formula is C7H10O3. The highest BCUT2D eigenvalue weighted by atomic mass is 16.7. The quantitative estimate of drug-likeness (QED) is 0.489. The van der Waals surface area contributed by atoms with E-state index in [2.05, 4.69) is 0 Å². The van der Waals surface area contributed by atoms with E-state index >= 15 is 0 Å².